The minimum absolute atomic E-state index is 0.00783. The van der Waals surface area contributed by atoms with Crippen LogP contribution in [0.3, 0.4) is 0 Å². The molecule has 0 saturated carbocycles. The minimum Gasteiger partial charge on any atom is -0.339 e. The van der Waals surface area contributed by atoms with Crippen LogP contribution in [0.25, 0.3) is 11.4 Å². The van der Waals surface area contributed by atoms with Crippen LogP contribution in [-0.4, -0.2) is 34.0 Å². The number of rotatable bonds is 4. The van der Waals surface area contributed by atoms with Gasteiger partial charge in [0, 0.05) is 30.8 Å². The highest BCUT2D eigenvalue weighted by molar-refractivity contribution is 5.94. The van der Waals surface area contributed by atoms with E-state index in [4.69, 9.17) is 10.3 Å². The number of carbonyl (C=O) groups excluding carboxylic acids is 1. The molecule has 28 heavy (non-hydrogen) atoms. The van der Waals surface area contributed by atoms with Crippen LogP contribution in [-0.2, 0) is 6.54 Å². The molecule has 1 amide bonds. The molecule has 0 radical (unpaired) electrons. The lowest BCUT2D eigenvalue weighted by molar-refractivity contribution is 0.0695. The summed E-state index contributed by atoms with van der Waals surface area (Å²) in [6.07, 6.45) is 1.74. The molecule has 1 fully saturated rings. The Morgan fingerprint density at radius 1 is 1.18 bits per heavy atom. The molecule has 1 aromatic heterocycles. The van der Waals surface area contributed by atoms with Gasteiger partial charge in [0.1, 0.15) is 5.82 Å². The van der Waals surface area contributed by atoms with Crippen molar-refractivity contribution in [3.05, 3.63) is 71.4 Å². The number of halogens is 1. The van der Waals surface area contributed by atoms with Gasteiger partial charge in [-0.25, -0.2) is 4.39 Å². The maximum atomic E-state index is 13.1. The minimum atomic E-state index is -0.312. The van der Waals surface area contributed by atoms with Crippen LogP contribution in [0.2, 0.25) is 0 Å². The van der Waals surface area contributed by atoms with Gasteiger partial charge in [0.2, 0.25) is 11.7 Å². The van der Waals surface area contributed by atoms with Crippen molar-refractivity contribution < 1.29 is 13.7 Å². The van der Waals surface area contributed by atoms with Gasteiger partial charge in [-0.3, -0.25) is 4.79 Å². The number of likely N-dealkylation sites (tertiary alicyclic amines) is 1. The molecule has 6 nitrogen and oxygen atoms in total. The third-order valence-electron chi connectivity index (χ3n) is 5.04. The number of aromatic nitrogens is 2. The summed E-state index contributed by atoms with van der Waals surface area (Å²) in [7, 11) is 0. The van der Waals surface area contributed by atoms with Crippen molar-refractivity contribution in [3.63, 3.8) is 0 Å². The van der Waals surface area contributed by atoms with Gasteiger partial charge < -0.3 is 15.2 Å². The number of amides is 1. The summed E-state index contributed by atoms with van der Waals surface area (Å²) in [4.78, 5) is 19.1. The zero-order chi connectivity index (χ0) is 19.5. The van der Waals surface area contributed by atoms with E-state index in [1.165, 1.54) is 12.1 Å². The van der Waals surface area contributed by atoms with Gasteiger partial charge in [-0.05, 0) is 54.8 Å². The molecule has 0 spiro atoms. The monoisotopic (exact) mass is 380 g/mol. The van der Waals surface area contributed by atoms with E-state index in [9.17, 15) is 9.18 Å². The lowest BCUT2D eigenvalue weighted by atomic mass is 9.97. The predicted octanol–water partition coefficient (Wildman–Crippen LogP) is 3.35. The smallest absolute Gasteiger partial charge is 0.253 e. The molecule has 0 aliphatic carbocycles. The van der Waals surface area contributed by atoms with Gasteiger partial charge in [-0.15, -0.1) is 0 Å². The zero-order valence-electron chi connectivity index (χ0n) is 15.3. The molecule has 1 atom stereocenters. The van der Waals surface area contributed by atoms with Crippen LogP contribution >= 0.6 is 0 Å². The summed E-state index contributed by atoms with van der Waals surface area (Å²) in [6.45, 7) is 1.68. The van der Waals surface area contributed by atoms with E-state index in [0.29, 0.717) is 42.5 Å². The normalized spacial score (nSPS) is 16.9. The molecular formula is C21H21FN4O2. The van der Waals surface area contributed by atoms with E-state index in [1.54, 1.807) is 12.1 Å². The molecule has 3 aromatic rings. The van der Waals surface area contributed by atoms with Crippen molar-refractivity contribution in [1.82, 2.24) is 15.0 Å². The first-order chi connectivity index (χ1) is 13.6. The Hall–Kier alpha value is -3.06. The fourth-order valence-corrected chi connectivity index (χ4v) is 3.45. The lowest BCUT2D eigenvalue weighted by Crippen LogP contribution is -2.39. The van der Waals surface area contributed by atoms with E-state index in [-0.39, 0.29) is 17.6 Å². The highest BCUT2D eigenvalue weighted by Gasteiger charge is 2.29. The number of nitrogens with zero attached hydrogens (tertiary/aromatic N) is 3. The predicted molar refractivity (Wildman–Crippen MR) is 102 cm³/mol. The summed E-state index contributed by atoms with van der Waals surface area (Å²) in [5, 5.41) is 4.01. The average molecular weight is 380 g/mol. The van der Waals surface area contributed by atoms with Crippen LogP contribution in [0.1, 0.15) is 40.6 Å². The first-order valence-electron chi connectivity index (χ1n) is 9.32. The highest BCUT2D eigenvalue weighted by Crippen LogP contribution is 2.28. The van der Waals surface area contributed by atoms with Gasteiger partial charge in [-0.2, -0.15) is 4.98 Å². The fourth-order valence-electron chi connectivity index (χ4n) is 3.45. The molecule has 4 rings (SSSR count). The first kappa shape index (κ1) is 18.3. The highest BCUT2D eigenvalue weighted by atomic mass is 19.1. The van der Waals surface area contributed by atoms with Crippen LogP contribution in [0.4, 0.5) is 4.39 Å². The second-order valence-electron chi connectivity index (χ2n) is 6.95. The van der Waals surface area contributed by atoms with Crippen molar-refractivity contribution >= 4 is 5.91 Å². The number of benzene rings is 2. The second kappa shape index (κ2) is 7.90. The average Bonchev–Trinajstić information content (AvgIpc) is 3.24. The van der Waals surface area contributed by atoms with Gasteiger partial charge in [0.15, 0.2) is 0 Å². The Kier molecular flexibility index (Phi) is 5.16. The van der Waals surface area contributed by atoms with Crippen molar-refractivity contribution in [1.29, 1.82) is 0 Å². The summed E-state index contributed by atoms with van der Waals surface area (Å²) in [5.41, 5.74) is 7.95. The number of piperidine rings is 1. The number of nitrogens with two attached hydrogens (primary N) is 1. The Morgan fingerprint density at radius 3 is 2.64 bits per heavy atom. The molecule has 1 aliphatic heterocycles. The van der Waals surface area contributed by atoms with Crippen LogP contribution in [0.15, 0.2) is 53.1 Å². The Bertz CT molecular complexity index is 953. The van der Waals surface area contributed by atoms with E-state index in [1.807, 2.05) is 29.2 Å². The van der Waals surface area contributed by atoms with Crippen molar-refractivity contribution in [3.8, 4) is 11.4 Å². The quantitative estimate of drug-likeness (QED) is 0.750. The first-order valence-corrected chi connectivity index (χ1v) is 9.32. The summed E-state index contributed by atoms with van der Waals surface area (Å²) < 4.78 is 18.5. The van der Waals surface area contributed by atoms with Crippen LogP contribution < -0.4 is 5.73 Å². The maximum absolute atomic E-state index is 13.1. The topological polar surface area (TPSA) is 85.3 Å². The summed E-state index contributed by atoms with van der Waals surface area (Å²) in [5.74, 6) is 0.605. The Morgan fingerprint density at radius 2 is 1.93 bits per heavy atom. The van der Waals surface area contributed by atoms with Gasteiger partial charge >= 0.3 is 0 Å². The molecular weight excluding hydrogens is 359 g/mol. The molecule has 1 unspecified atom stereocenters. The Balaban J connectivity index is 1.47. The number of carbonyl (C=O) groups is 1. The number of hydrogen-bond donors (Lipinski definition) is 1. The molecule has 2 aromatic carbocycles. The van der Waals surface area contributed by atoms with Crippen LogP contribution in [0, 0.1) is 5.82 Å². The number of hydrogen-bond acceptors (Lipinski definition) is 5. The zero-order valence-corrected chi connectivity index (χ0v) is 15.3. The summed E-state index contributed by atoms with van der Waals surface area (Å²) in [6, 6.07) is 13.3. The second-order valence-corrected chi connectivity index (χ2v) is 6.95. The SMILES string of the molecule is NCc1ccc(C(=O)N2CCCC(c3nc(-c4ccc(F)cc4)no3)C2)cc1. The van der Waals surface area contributed by atoms with Crippen molar-refractivity contribution in [2.24, 2.45) is 5.73 Å². The molecule has 7 heteroatoms. The van der Waals surface area contributed by atoms with Gasteiger partial charge in [0.05, 0.1) is 5.92 Å². The van der Waals surface area contributed by atoms with E-state index in [0.717, 1.165) is 18.4 Å². The van der Waals surface area contributed by atoms with Gasteiger partial charge in [-0.1, -0.05) is 17.3 Å². The van der Waals surface area contributed by atoms with Gasteiger partial charge in [0.25, 0.3) is 5.91 Å². The fraction of sp³-hybridized carbons (Fsp3) is 0.286. The van der Waals surface area contributed by atoms with E-state index < -0.39 is 0 Å². The largest absolute Gasteiger partial charge is 0.339 e. The molecule has 2 N–H and O–H groups in total. The molecule has 1 aliphatic rings. The molecule has 1 saturated heterocycles. The standard InChI is InChI=1S/C21H21FN4O2/c22-18-9-7-15(8-10-18)19-24-20(28-25-19)17-2-1-11-26(13-17)21(27)16-5-3-14(12-23)4-6-16/h3-10,17H,1-2,11-13,23H2. The molecule has 2 heterocycles. The van der Waals surface area contributed by atoms with Crippen molar-refractivity contribution in [2.45, 2.75) is 25.3 Å². The summed E-state index contributed by atoms with van der Waals surface area (Å²) >= 11 is 0. The Labute approximate surface area is 162 Å². The molecule has 144 valence electrons. The lowest BCUT2D eigenvalue weighted by Gasteiger charge is -2.31. The maximum Gasteiger partial charge on any atom is 0.253 e. The van der Waals surface area contributed by atoms with E-state index >= 15 is 0 Å². The molecule has 0 bridgehead atoms. The van der Waals surface area contributed by atoms with Crippen molar-refractivity contribution in [2.75, 3.05) is 13.1 Å². The van der Waals surface area contributed by atoms with E-state index in [2.05, 4.69) is 10.1 Å². The third kappa shape index (κ3) is 3.80. The third-order valence-corrected chi connectivity index (χ3v) is 5.04. The van der Waals surface area contributed by atoms with Crippen LogP contribution in [0.5, 0.6) is 0 Å².